The van der Waals surface area contributed by atoms with Crippen LogP contribution in [-0.2, 0) is 0 Å². The molecule has 0 aromatic rings. The predicted octanol–water partition coefficient (Wildman–Crippen LogP) is 1.17. The lowest BCUT2D eigenvalue weighted by molar-refractivity contribution is -0.869. The maximum Gasteiger partial charge on any atom is 0.439 e. The first-order chi connectivity index (χ1) is 8.31. The Labute approximate surface area is 108 Å². The van der Waals surface area contributed by atoms with Crippen LogP contribution in [0.2, 0.25) is 0 Å². The molecule has 1 fully saturated rings. The van der Waals surface area contributed by atoms with Crippen molar-refractivity contribution >= 4 is 16.8 Å². The van der Waals surface area contributed by atoms with Crippen LogP contribution in [0.4, 0.5) is 13.2 Å². The van der Waals surface area contributed by atoms with Gasteiger partial charge in [0, 0.05) is 6.08 Å². The number of hydrogen-bond acceptors (Lipinski definition) is 4. The van der Waals surface area contributed by atoms with Crippen LogP contribution in [0.15, 0.2) is 16.1 Å². The van der Waals surface area contributed by atoms with Gasteiger partial charge in [0.25, 0.3) is 0 Å². The molecule has 0 unspecified atom stereocenters. The number of aliphatic imine (C=N–C) groups is 1. The summed E-state index contributed by atoms with van der Waals surface area (Å²) < 4.78 is 38.5. The first-order valence-electron chi connectivity index (χ1n) is 5.66. The fourth-order valence-electron chi connectivity index (χ4n) is 2.00. The SMILES string of the molecule is C[N+]1(C2=CCN=C(C(F)(F)F)S2)CCN(N)CC1. The molecule has 0 atom stereocenters. The van der Waals surface area contributed by atoms with Gasteiger partial charge in [-0.3, -0.25) is 15.3 Å². The van der Waals surface area contributed by atoms with Crippen molar-refractivity contribution in [3.8, 4) is 0 Å². The summed E-state index contributed by atoms with van der Waals surface area (Å²) in [6.07, 6.45) is -2.56. The summed E-state index contributed by atoms with van der Waals surface area (Å²) in [6.45, 7) is 2.93. The van der Waals surface area contributed by atoms with Crippen molar-refractivity contribution in [2.75, 3.05) is 39.8 Å². The van der Waals surface area contributed by atoms with Crippen LogP contribution >= 0.6 is 11.8 Å². The van der Waals surface area contributed by atoms with Crippen LogP contribution in [0.5, 0.6) is 0 Å². The van der Waals surface area contributed by atoms with Gasteiger partial charge in [0.1, 0.15) is 0 Å². The van der Waals surface area contributed by atoms with Gasteiger partial charge in [-0.1, -0.05) is 0 Å². The van der Waals surface area contributed by atoms with E-state index in [1.54, 1.807) is 11.1 Å². The maximum atomic E-state index is 12.7. The highest BCUT2D eigenvalue weighted by atomic mass is 32.2. The summed E-state index contributed by atoms with van der Waals surface area (Å²) >= 11 is 0.744. The van der Waals surface area contributed by atoms with Crippen molar-refractivity contribution in [3.63, 3.8) is 0 Å². The van der Waals surface area contributed by atoms with E-state index < -0.39 is 11.2 Å². The molecule has 4 nitrogen and oxygen atoms in total. The van der Waals surface area contributed by atoms with E-state index in [2.05, 4.69) is 4.99 Å². The number of hydrazine groups is 1. The predicted molar refractivity (Wildman–Crippen MR) is 65.7 cm³/mol. The van der Waals surface area contributed by atoms with Crippen LogP contribution in [-0.4, -0.2) is 60.5 Å². The molecule has 2 heterocycles. The molecule has 102 valence electrons. The first kappa shape index (κ1) is 13.9. The molecule has 0 bridgehead atoms. The van der Waals surface area contributed by atoms with Crippen molar-refractivity contribution < 1.29 is 17.7 Å². The minimum Gasteiger partial charge on any atom is -0.286 e. The number of nitrogens with two attached hydrogens (primary N) is 1. The van der Waals surface area contributed by atoms with E-state index in [-0.39, 0.29) is 6.54 Å². The van der Waals surface area contributed by atoms with Crippen molar-refractivity contribution in [1.82, 2.24) is 5.01 Å². The number of likely N-dealkylation sites (N-methyl/N-ethyl adjacent to an activating group) is 1. The highest BCUT2D eigenvalue weighted by molar-refractivity contribution is 8.17. The number of quaternary nitrogens is 1. The molecule has 1 saturated heterocycles. The van der Waals surface area contributed by atoms with Gasteiger partial charge in [-0.15, -0.1) is 0 Å². The Morgan fingerprint density at radius 1 is 1.39 bits per heavy atom. The van der Waals surface area contributed by atoms with E-state index >= 15 is 0 Å². The van der Waals surface area contributed by atoms with Crippen LogP contribution in [0.1, 0.15) is 0 Å². The van der Waals surface area contributed by atoms with Crippen molar-refractivity contribution in [3.05, 3.63) is 11.1 Å². The van der Waals surface area contributed by atoms with Gasteiger partial charge in [0.15, 0.2) is 10.1 Å². The zero-order valence-corrected chi connectivity index (χ0v) is 10.9. The van der Waals surface area contributed by atoms with Crippen LogP contribution in [0.3, 0.4) is 0 Å². The lowest BCUT2D eigenvalue weighted by Crippen LogP contribution is -2.58. The van der Waals surface area contributed by atoms with Crippen molar-refractivity contribution in [1.29, 1.82) is 0 Å². The van der Waals surface area contributed by atoms with E-state index in [4.69, 9.17) is 5.84 Å². The minimum absolute atomic E-state index is 0.108. The van der Waals surface area contributed by atoms with Gasteiger partial charge in [-0.2, -0.15) is 13.2 Å². The number of thioether (sulfide) groups is 1. The van der Waals surface area contributed by atoms with Gasteiger partial charge in [-0.05, 0) is 11.8 Å². The van der Waals surface area contributed by atoms with Crippen LogP contribution < -0.4 is 5.84 Å². The molecule has 2 aliphatic heterocycles. The molecule has 0 aliphatic carbocycles. The third-order valence-corrected chi connectivity index (χ3v) is 4.61. The van der Waals surface area contributed by atoms with Gasteiger partial charge in [-0.25, -0.2) is 5.01 Å². The fraction of sp³-hybridized carbons (Fsp3) is 0.700. The molecule has 2 aliphatic rings. The van der Waals surface area contributed by atoms with Gasteiger partial charge in [0.2, 0.25) is 0 Å². The second-order valence-electron chi connectivity index (χ2n) is 4.67. The first-order valence-corrected chi connectivity index (χ1v) is 6.47. The molecule has 0 radical (unpaired) electrons. The highest BCUT2D eigenvalue weighted by Gasteiger charge is 2.42. The van der Waals surface area contributed by atoms with E-state index in [0.717, 1.165) is 29.9 Å². The summed E-state index contributed by atoms with van der Waals surface area (Å²) in [6, 6.07) is 0. The molecule has 2 N–H and O–H groups in total. The largest absolute Gasteiger partial charge is 0.439 e. The summed E-state index contributed by atoms with van der Waals surface area (Å²) in [5, 5.41) is 1.69. The number of piperazine rings is 1. The third kappa shape index (κ3) is 2.87. The monoisotopic (exact) mass is 281 g/mol. The normalized spacial score (nSPS) is 25.6. The average molecular weight is 281 g/mol. The summed E-state index contributed by atoms with van der Waals surface area (Å²) in [5.41, 5.74) is 0. The van der Waals surface area contributed by atoms with Gasteiger partial charge >= 0.3 is 6.18 Å². The lowest BCUT2D eigenvalue weighted by Gasteiger charge is -2.41. The molecule has 0 aromatic heterocycles. The van der Waals surface area contributed by atoms with E-state index in [9.17, 15) is 13.2 Å². The zero-order chi connectivity index (χ0) is 13.4. The molecular formula is C10H16F3N4S+. The Balaban J connectivity index is 2.09. The minimum atomic E-state index is -4.35. The van der Waals surface area contributed by atoms with E-state index in [1.807, 2.05) is 7.05 Å². The summed E-state index contributed by atoms with van der Waals surface area (Å²) in [4.78, 5) is 3.52. The van der Waals surface area contributed by atoms with Gasteiger partial charge < -0.3 is 0 Å². The summed E-state index contributed by atoms with van der Waals surface area (Å²) in [7, 11) is 1.95. The van der Waals surface area contributed by atoms with E-state index in [0.29, 0.717) is 17.6 Å². The Hall–Kier alpha value is -0.570. The third-order valence-electron chi connectivity index (χ3n) is 3.24. The Kier molecular flexibility index (Phi) is 3.72. The number of hydrogen-bond donors (Lipinski definition) is 1. The fourth-order valence-corrected chi connectivity index (χ4v) is 3.01. The number of halogens is 3. The maximum absolute atomic E-state index is 12.7. The van der Waals surface area contributed by atoms with E-state index in [1.165, 1.54) is 0 Å². The highest BCUT2D eigenvalue weighted by Crippen LogP contribution is 2.37. The standard InChI is InChI=1S/C10H16F3N4S/c1-17(6-4-16(14)5-7-17)8-2-3-15-9(18-8)10(11,12)13/h2H,3-7,14H2,1H3/q+1. The smallest absolute Gasteiger partial charge is 0.286 e. The topological polar surface area (TPSA) is 41.6 Å². The second-order valence-corrected chi connectivity index (χ2v) is 5.68. The Bertz CT molecular complexity index is 383. The molecule has 18 heavy (non-hydrogen) atoms. The quantitative estimate of drug-likeness (QED) is 0.579. The van der Waals surface area contributed by atoms with Crippen LogP contribution in [0.25, 0.3) is 0 Å². The van der Waals surface area contributed by atoms with Crippen LogP contribution in [0, 0.1) is 0 Å². The number of alkyl halides is 3. The second kappa shape index (κ2) is 4.84. The molecule has 0 saturated carbocycles. The molecule has 0 spiro atoms. The van der Waals surface area contributed by atoms with Gasteiger partial charge in [0.05, 0.1) is 39.8 Å². The molecule has 2 rings (SSSR count). The Morgan fingerprint density at radius 3 is 2.56 bits per heavy atom. The lowest BCUT2D eigenvalue weighted by atomic mass is 10.3. The number of nitrogens with zero attached hydrogens (tertiary/aromatic N) is 3. The Morgan fingerprint density at radius 2 is 2.00 bits per heavy atom. The zero-order valence-electron chi connectivity index (χ0n) is 10.1. The molecule has 0 amide bonds. The van der Waals surface area contributed by atoms with Crippen molar-refractivity contribution in [2.24, 2.45) is 10.8 Å². The molecule has 0 aromatic carbocycles. The summed E-state index contributed by atoms with van der Waals surface area (Å²) in [5.74, 6) is 5.68. The molecular weight excluding hydrogens is 265 g/mol. The van der Waals surface area contributed by atoms with Crippen molar-refractivity contribution in [2.45, 2.75) is 6.18 Å². The number of rotatable bonds is 1. The molecule has 8 heteroatoms. The average Bonchev–Trinajstić information content (AvgIpc) is 2.32.